The van der Waals surface area contributed by atoms with Crippen LogP contribution in [-0.2, 0) is 9.53 Å². The molecular formula is C21H25NO5. The largest absolute Gasteiger partial charge is 0.481 e. The molecule has 6 nitrogen and oxygen atoms in total. The van der Waals surface area contributed by atoms with Gasteiger partial charge in [-0.15, -0.1) is 11.8 Å². The summed E-state index contributed by atoms with van der Waals surface area (Å²) in [5, 5.41) is 20.1. The number of para-hydroxylation sites is 1. The summed E-state index contributed by atoms with van der Waals surface area (Å²) >= 11 is 0. The summed E-state index contributed by atoms with van der Waals surface area (Å²) in [7, 11) is 1.64. The van der Waals surface area contributed by atoms with Crippen molar-refractivity contribution in [2.75, 3.05) is 20.3 Å². The molecule has 144 valence electrons. The molecule has 1 aromatic heterocycles. The molecule has 1 atom stereocenters. The zero-order valence-corrected chi connectivity index (χ0v) is 15.5. The van der Waals surface area contributed by atoms with Crippen molar-refractivity contribution in [2.45, 2.75) is 38.2 Å². The van der Waals surface area contributed by atoms with Gasteiger partial charge >= 0.3 is 5.97 Å². The lowest BCUT2D eigenvalue weighted by Gasteiger charge is -2.15. The highest BCUT2D eigenvalue weighted by Gasteiger charge is 2.16. The van der Waals surface area contributed by atoms with Crippen molar-refractivity contribution < 1.29 is 24.5 Å². The lowest BCUT2D eigenvalue weighted by Crippen LogP contribution is -2.07. The number of aliphatic hydroxyl groups excluding tert-OH is 1. The van der Waals surface area contributed by atoms with Crippen molar-refractivity contribution in [3.8, 4) is 17.7 Å². The molecule has 0 amide bonds. The monoisotopic (exact) mass is 371 g/mol. The number of hydrogen-bond donors (Lipinski definition) is 2. The lowest BCUT2D eigenvalue weighted by molar-refractivity contribution is -0.137. The zero-order valence-electron chi connectivity index (χ0n) is 15.5. The molecule has 1 aromatic carbocycles. The molecule has 2 N–H and O–H groups in total. The van der Waals surface area contributed by atoms with Gasteiger partial charge in [-0.05, 0) is 18.6 Å². The highest BCUT2D eigenvalue weighted by molar-refractivity contribution is 5.80. The summed E-state index contributed by atoms with van der Waals surface area (Å²) in [6.45, 7) is 1.03. The fraction of sp³-hybridized carbons (Fsp3) is 0.429. The number of rotatable bonds is 10. The number of aromatic nitrogens is 1. The first-order valence-corrected chi connectivity index (χ1v) is 8.99. The van der Waals surface area contributed by atoms with Crippen LogP contribution in [0, 0.1) is 11.8 Å². The molecule has 27 heavy (non-hydrogen) atoms. The average Bonchev–Trinajstić information content (AvgIpc) is 2.67. The fourth-order valence-electron chi connectivity index (χ4n) is 2.54. The standard InChI is InChI=1S/C21H25NO5/c1-26-13-8-14-27-21-17(15-16-9-6-7-10-18(16)22-21)19(23)11-4-2-3-5-12-20(24)25/h6-7,9-10,15,19,23H,3,5,8,11-14H2,1H3,(H,24,25). The molecule has 0 fully saturated rings. The van der Waals surface area contributed by atoms with E-state index in [1.807, 2.05) is 30.3 Å². The summed E-state index contributed by atoms with van der Waals surface area (Å²) in [6, 6.07) is 9.54. The van der Waals surface area contributed by atoms with Crippen LogP contribution in [0.3, 0.4) is 0 Å². The number of nitrogens with zero attached hydrogens (tertiary/aromatic N) is 1. The Morgan fingerprint density at radius 3 is 2.81 bits per heavy atom. The molecule has 0 saturated carbocycles. The van der Waals surface area contributed by atoms with E-state index in [1.54, 1.807) is 7.11 Å². The third-order valence-electron chi connectivity index (χ3n) is 3.92. The predicted molar refractivity (Wildman–Crippen MR) is 103 cm³/mol. The van der Waals surface area contributed by atoms with Crippen LogP contribution in [0.4, 0.5) is 0 Å². The van der Waals surface area contributed by atoms with Crippen LogP contribution in [0.1, 0.15) is 43.8 Å². The Morgan fingerprint density at radius 1 is 1.22 bits per heavy atom. The molecular weight excluding hydrogens is 346 g/mol. The predicted octanol–water partition coefficient (Wildman–Crippen LogP) is 3.33. The number of carboxylic acid groups (broad SMARTS) is 1. The van der Waals surface area contributed by atoms with Crippen molar-refractivity contribution in [2.24, 2.45) is 0 Å². The SMILES string of the molecule is COCCCOc1nc2ccccc2cc1C(O)CC#CCCCC(=O)O. The van der Waals surface area contributed by atoms with E-state index in [-0.39, 0.29) is 12.8 Å². The van der Waals surface area contributed by atoms with Gasteiger partial charge < -0.3 is 19.7 Å². The molecule has 0 saturated heterocycles. The van der Waals surface area contributed by atoms with Gasteiger partial charge in [-0.25, -0.2) is 4.98 Å². The third kappa shape index (κ3) is 6.89. The van der Waals surface area contributed by atoms with E-state index in [4.69, 9.17) is 14.6 Å². The van der Waals surface area contributed by atoms with Crippen molar-refractivity contribution in [3.05, 3.63) is 35.9 Å². The number of unbranched alkanes of at least 4 members (excludes halogenated alkanes) is 1. The Kier molecular flexibility index (Phi) is 8.56. The van der Waals surface area contributed by atoms with Crippen molar-refractivity contribution in [1.82, 2.24) is 4.98 Å². The molecule has 1 heterocycles. The molecule has 0 bridgehead atoms. The number of aliphatic hydroxyl groups is 1. The van der Waals surface area contributed by atoms with E-state index in [0.717, 1.165) is 17.3 Å². The van der Waals surface area contributed by atoms with Crippen LogP contribution in [0.5, 0.6) is 5.88 Å². The molecule has 2 rings (SSSR count). The summed E-state index contributed by atoms with van der Waals surface area (Å²) in [6.07, 6.45) is 1.24. The Hall–Kier alpha value is -2.62. The number of carboxylic acids is 1. The van der Waals surface area contributed by atoms with E-state index in [0.29, 0.717) is 37.5 Å². The van der Waals surface area contributed by atoms with Gasteiger partial charge in [0.05, 0.1) is 18.2 Å². The lowest BCUT2D eigenvalue weighted by atomic mass is 10.1. The maximum absolute atomic E-state index is 10.6. The molecule has 2 aromatic rings. The van der Waals surface area contributed by atoms with Crippen molar-refractivity contribution >= 4 is 16.9 Å². The molecule has 0 radical (unpaired) electrons. The van der Waals surface area contributed by atoms with E-state index >= 15 is 0 Å². The number of hydrogen-bond acceptors (Lipinski definition) is 5. The first-order chi connectivity index (χ1) is 13.1. The van der Waals surface area contributed by atoms with Crippen LogP contribution in [-0.4, -0.2) is 41.5 Å². The van der Waals surface area contributed by atoms with Gasteiger partial charge in [-0.3, -0.25) is 4.79 Å². The average molecular weight is 371 g/mol. The maximum Gasteiger partial charge on any atom is 0.303 e. The van der Waals surface area contributed by atoms with E-state index in [2.05, 4.69) is 16.8 Å². The number of fused-ring (bicyclic) bond motifs is 1. The van der Waals surface area contributed by atoms with Gasteiger partial charge in [0.25, 0.3) is 0 Å². The zero-order chi connectivity index (χ0) is 19.5. The van der Waals surface area contributed by atoms with Gasteiger partial charge in [0, 0.05) is 50.3 Å². The minimum atomic E-state index is -0.827. The second-order valence-corrected chi connectivity index (χ2v) is 6.09. The Balaban J connectivity index is 2.08. The number of carbonyl (C=O) groups is 1. The maximum atomic E-state index is 10.6. The molecule has 1 unspecified atom stereocenters. The van der Waals surface area contributed by atoms with Crippen LogP contribution < -0.4 is 4.74 Å². The number of benzene rings is 1. The van der Waals surface area contributed by atoms with Gasteiger partial charge in [-0.2, -0.15) is 0 Å². The molecule has 0 spiro atoms. The number of pyridine rings is 1. The number of methoxy groups -OCH3 is 1. The highest BCUT2D eigenvalue weighted by Crippen LogP contribution is 2.29. The van der Waals surface area contributed by atoms with E-state index in [1.165, 1.54) is 0 Å². The van der Waals surface area contributed by atoms with Gasteiger partial charge in [0.2, 0.25) is 5.88 Å². The first kappa shape index (κ1) is 20.7. The molecule has 6 heteroatoms. The second-order valence-electron chi connectivity index (χ2n) is 6.09. The number of aliphatic carboxylic acids is 1. The quantitative estimate of drug-likeness (QED) is 0.492. The summed E-state index contributed by atoms with van der Waals surface area (Å²) in [5.41, 5.74) is 1.40. The smallest absolute Gasteiger partial charge is 0.303 e. The Labute approximate surface area is 159 Å². The highest BCUT2D eigenvalue weighted by atomic mass is 16.5. The fourth-order valence-corrected chi connectivity index (χ4v) is 2.54. The minimum absolute atomic E-state index is 0.102. The van der Waals surface area contributed by atoms with Crippen LogP contribution in [0.25, 0.3) is 10.9 Å². The molecule has 0 aliphatic rings. The van der Waals surface area contributed by atoms with Crippen LogP contribution in [0.15, 0.2) is 30.3 Å². The first-order valence-electron chi connectivity index (χ1n) is 8.99. The molecule has 0 aliphatic carbocycles. The normalized spacial score (nSPS) is 11.6. The summed E-state index contributed by atoms with van der Waals surface area (Å²) < 4.78 is 10.8. The Bertz CT molecular complexity index is 809. The van der Waals surface area contributed by atoms with Crippen LogP contribution in [0.2, 0.25) is 0 Å². The summed E-state index contributed by atoms with van der Waals surface area (Å²) in [5.74, 6) is 5.40. The van der Waals surface area contributed by atoms with E-state index in [9.17, 15) is 9.90 Å². The minimum Gasteiger partial charge on any atom is -0.481 e. The third-order valence-corrected chi connectivity index (χ3v) is 3.92. The van der Waals surface area contributed by atoms with Crippen molar-refractivity contribution in [3.63, 3.8) is 0 Å². The topological polar surface area (TPSA) is 88.9 Å². The van der Waals surface area contributed by atoms with Gasteiger partial charge in [0.1, 0.15) is 0 Å². The van der Waals surface area contributed by atoms with E-state index < -0.39 is 12.1 Å². The van der Waals surface area contributed by atoms with Crippen molar-refractivity contribution in [1.29, 1.82) is 0 Å². The Morgan fingerprint density at radius 2 is 2.04 bits per heavy atom. The number of ether oxygens (including phenoxy) is 2. The second kappa shape index (κ2) is 11.2. The summed E-state index contributed by atoms with van der Waals surface area (Å²) in [4.78, 5) is 15.0. The van der Waals surface area contributed by atoms with Crippen LogP contribution >= 0.6 is 0 Å². The van der Waals surface area contributed by atoms with Gasteiger partial charge in [0.15, 0.2) is 0 Å². The van der Waals surface area contributed by atoms with Gasteiger partial charge in [-0.1, -0.05) is 18.2 Å². The molecule has 0 aliphatic heterocycles.